The molecule has 2 aromatic carbocycles. The van der Waals surface area contributed by atoms with Gasteiger partial charge in [-0.25, -0.2) is 4.79 Å². The zero-order chi connectivity index (χ0) is 14.2. The number of ether oxygens (including phenoxy) is 2. The highest BCUT2D eigenvalue weighted by atomic mass is 16.7. The van der Waals surface area contributed by atoms with Crippen molar-refractivity contribution in [3.8, 4) is 5.75 Å². The smallest absolute Gasteiger partial charge is 0.426 e. The maximum Gasteiger partial charge on any atom is 0.514 e. The SMILES string of the molecule is O=C(Oc1ccccc1)OC(CCO)c1ccccc1. The fraction of sp³-hybridized carbons (Fsp3) is 0.188. The molecule has 4 nitrogen and oxygen atoms in total. The fourth-order valence-corrected chi connectivity index (χ4v) is 1.80. The molecule has 1 unspecified atom stereocenters. The monoisotopic (exact) mass is 272 g/mol. The molecular weight excluding hydrogens is 256 g/mol. The molecule has 4 heteroatoms. The molecule has 0 aromatic heterocycles. The molecule has 20 heavy (non-hydrogen) atoms. The Kier molecular flexibility index (Phi) is 5.15. The maximum absolute atomic E-state index is 11.7. The third kappa shape index (κ3) is 4.10. The average molecular weight is 272 g/mol. The van der Waals surface area contributed by atoms with Crippen LogP contribution in [0.25, 0.3) is 0 Å². The first-order valence-corrected chi connectivity index (χ1v) is 6.39. The van der Waals surface area contributed by atoms with Crippen LogP contribution in [0.3, 0.4) is 0 Å². The van der Waals surface area contributed by atoms with Gasteiger partial charge in [-0.05, 0) is 17.7 Å². The molecule has 1 atom stereocenters. The summed E-state index contributed by atoms with van der Waals surface area (Å²) >= 11 is 0. The van der Waals surface area contributed by atoms with E-state index in [4.69, 9.17) is 14.6 Å². The van der Waals surface area contributed by atoms with Crippen LogP contribution in [0, 0.1) is 0 Å². The van der Waals surface area contributed by atoms with Gasteiger partial charge in [0.05, 0.1) is 0 Å². The molecule has 2 aromatic rings. The molecule has 0 aliphatic rings. The van der Waals surface area contributed by atoms with Crippen LogP contribution < -0.4 is 4.74 Å². The minimum Gasteiger partial charge on any atom is -0.426 e. The van der Waals surface area contributed by atoms with Crippen LogP contribution in [0.4, 0.5) is 4.79 Å². The molecule has 0 saturated carbocycles. The van der Waals surface area contributed by atoms with Gasteiger partial charge in [0.25, 0.3) is 0 Å². The van der Waals surface area contributed by atoms with Crippen LogP contribution in [-0.2, 0) is 4.74 Å². The van der Waals surface area contributed by atoms with Crippen molar-refractivity contribution >= 4 is 6.16 Å². The van der Waals surface area contributed by atoms with E-state index in [9.17, 15) is 4.79 Å². The van der Waals surface area contributed by atoms with Crippen LogP contribution in [0.1, 0.15) is 18.1 Å². The van der Waals surface area contributed by atoms with E-state index in [0.29, 0.717) is 12.2 Å². The second-order valence-corrected chi connectivity index (χ2v) is 4.19. The van der Waals surface area contributed by atoms with Crippen molar-refractivity contribution in [2.45, 2.75) is 12.5 Å². The Hall–Kier alpha value is -2.33. The molecule has 2 rings (SSSR count). The van der Waals surface area contributed by atoms with E-state index < -0.39 is 12.3 Å². The van der Waals surface area contributed by atoms with Crippen LogP contribution in [0.5, 0.6) is 5.75 Å². The molecule has 104 valence electrons. The normalized spacial score (nSPS) is 11.7. The number of rotatable bonds is 5. The van der Waals surface area contributed by atoms with Crippen LogP contribution in [-0.4, -0.2) is 17.9 Å². The van der Waals surface area contributed by atoms with Gasteiger partial charge in [-0.1, -0.05) is 48.5 Å². The largest absolute Gasteiger partial charge is 0.514 e. The highest BCUT2D eigenvalue weighted by Crippen LogP contribution is 2.22. The summed E-state index contributed by atoms with van der Waals surface area (Å²) in [5, 5.41) is 9.07. The Morgan fingerprint density at radius 3 is 2.20 bits per heavy atom. The van der Waals surface area contributed by atoms with E-state index in [2.05, 4.69) is 0 Å². The fourth-order valence-electron chi connectivity index (χ4n) is 1.80. The zero-order valence-corrected chi connectivity index (χ0v) is 10.9. The van der Waals surface area contributed by atoms with Crippen molar-refractivity contribution in [2.24, 2.45) is 0 Å². The summed E-state index contributed by atoms with van der Waals surface area (Å²) in [6, 6.07) is 18.0. The Labute approximate surface area is 117 Å². The van der Waals surface area contributed by atoms with Crippen molar-refractivity contribution in [2.75, 3.05) is 6.61 Å². The maximum atomic E-state index is 11.7. The van der Waals surface area contributed by atoms with Gasteiger partial charge in [0, 0.05) is 13.0 Å². The van der Waals surface area contributed by atoms with Crippen LogP contribution in [0.15, 0.2) is 60.7 Å². The summed E-state index contributed by atoms with van der Waals surface area (Å²) in [5.74, 6) is 0.424. The average Bonchev–Trinajstić information content (AvgIpc) is 2.49. The molecule has 1 N–H and O–H groups in total. The standard InChI is InChI=1S/C16H16O4/c17-12-11-15(13-7-3-1-4-8-13)20-16(18)19-14-9-5-2-6-10-14/h1-10,15,17H,11-12H2. The molecule has 0 radical (unpaired) electrons. The van der Waals surface area contributed by atoms with Crippen LogP contribution in [0.2, 0.25) is 0 Å². The summed E-state index contributed by atoms with van der Waals surface area (Å²) in [4.78, 5) is 11.7. The predicted octanol–water partition coefficient (Wildman–Crippen LogP) is 3.33. The van der Waals surface area contributed by atoms with Gasteiger partial charge in [0.1, 0.15) is 11.9 Å². The third-order valence-corrected chi connectivity index (χ3v) is 2.75. The Morgan fingerprint density at radius 1 is 1.00 bits per heavy atom. The highest BCUT2D eigenvalue weighted by Gasteiger charge is 2.17. The first-order valence-electron chi connectivity index (χ1n) is 6.39. The molecule has 0 aliphatic heterocycles. The summed E-state index contributed by atoms with van der Waals surface area (Å²) in [7, 11) is 0. The van der Waals surface area contributed by atoms with E-state index >= 15 is 0 Å². The first kappa shape index (κ1) is 14.1. The minimum atomic E-state index is -0.779. The van der Waals surface area contributed by atoms with Gasteiger partial charge in [0.15, 0.2) is 0 Å². The van der Waals surface area contributed by atoms with E-state index in [-0.39, 0.29) is 6.61 Å². The number of aliphatic hydroxyl groups excluding tert-OH is 1. The molecule has 0 saturated heterocycles. The molecule has 0 bridgehead atoms. The van der Waals surface area contributed by atoms with Crippen LogP contribution >= 0.6 is 0 Å². The van der Waals surface area contributed by atoms with Gasteiger partial charge in [-0.15, -0.1) is 0 Å². The number of hydrogen-bond acceptors (Lipinski definition) is 4. The van der Waals surface area contributed by atoms with E-state index in [0.717, 1.165) is 5.56 Å². The van der Waals surface area contributed by atoms with Crippen molar-refractivity contribution in [1.82, 2.24) is 0 Å². The van der Waals surface area contributed by atoms with Gasteiger partial charge in [-0.3, -0.25) is 0 Å². The van der Waals surface area contributed by atoms with Gasteiger partial charge < -0.3 is 14.6 Å². The lowest BCUT2D eigenvalue weighted by Gasteiger charge is -2.16. The number of carbonyl (C=O) groups excluding carboxylic acids is 1. The number of hydrogen-bond donors (Lipinski definition) is 1. The minimum absolute atomic E-state index is 0.0713. The first-order chi connectivity index (χ1) is 9.79. The lowest BCUT2D eigenvalue weighted by atomic mass is 10.1. The van der Waals surface area contributed by atoms with E-state index in [1.54, 1.807) is 24.3 Å². The zero-order valence-electron chi connectivity index (χ0n) is 10.9. The Balaban J connectivity index is 1.99. The predicted molar refractivity (Wildman–Crippen MR) is 74.4 cm³/mol. The second kappa shape index (κ2) is 7.31. The Morgan fingerprint density at radius 2 is 1.60 bits per heavy atom. The van der Waals surface area contributed by atoms with Gasteiger partial charge in [-0.2, -0.15) is 0 Å². The molecule has 0 amide bonds. The summed E-state index contributed by atoms with van der Waals surface area (Å²) in [5.41, 5.74) is 0.826. The Bertz CT molecular complexity index is 525. The van der Waals surface area contributed by atoms with Crippen molar-refractivity contribution in [3.63, 3.8) is 0 Å². The van der Waals surface area contributed by atoms with E-state index in [1.165, 1.54) is 0 Å². The van der Waals surface area contributed by atoms with Gasteiger partial charge in [0.2, 0.25) is 0 Å². The number of aliphatic hydroxyl groups is 1. The number of para-hydroxylation sites is 1. The van der Waals surface area contributed by atoms with Crippen molar-refractivity contribution in [3.05, 3.63) is 66.2 Å². The number of carbonyl (C=O) groups is 1. The topological polar surface area (TPSA) is 55.8 Å². The summed E-state index contributed by atoms with van der Waals surface area (Å²) in [6.07, 6.45) is -0.968. The van der Waals surface area contributed by atoms with Gasteiger partial charge >= 0.3 is 6.16 Å². The molecule has 0 heterocycles. The molecule has 0 fully saturated rings. The highest BCUT2D eigenvalue weighted by molar-refractivity contribution is 5.64. The quantitative estimate of drug-likeness (QED) is 0.670. The number of benzene rings is 2. The second-order valence-electron chi connectivity index (χ2n) is 4.19. The molecule has 0 spiro atoms. The molecular formula is C16H16O4. The molecule has 0 aliphatic carbocycles. The van der Waals surface area contributed by atoms with E-state index in [1.807, 2.05) is 36.4 Å². The lowest BCUT2D eigenvalue weighted by Crippen LogP contribution is -2.16. The van der Waals surface area contributed by atoms with Crippen molar-refractivity contribution in [1.29, 1.82) is 0 Å². The summed E-state index contributed by atoms with van der Waals surface area (Å²) < 4.78 is 10.3. The third-order valence-electron chi connectivity index (χ3n) is 2.75. The summed E-state index contributed by atoms with van der Waals surface area (Å²) in [6.45, 7) is -0.0713. The lowest BCUT2D eigenvalue weighted by molar-refractivity contribution is 0.0460. The van der Waals surface area contributed by atoms with Crippen molar-refractivity contribution < 1.29 is 19.4 Å².